The van der Waals surface area contributed by atoms with Crippen molar-refractivity contribution in [1.82, 2.24) is 19.9 Å². The van der Waals surface area contributed by atoms with Gasteiger partial charge in [-0.3, -0.25) is 5.32 Å². The van der Waals surface area contributed by atoms with Crippen LogP contribution in [0.4, 0.5) is 11.5 Å². The summed E-state index contributed by atoms with van der Waals surface area (Å²) in [6.07, 6.45) is 7.59. The second-order valence-corrected chi connectivity index (χ2v) is 7.08. The number of fused-ring (bicyclic) bond motifs is 2. The van der Waals surface area contributed by atoms with E-state index in [0.29, 0.717) is 26.9 Å². The third-order valence-corrected chi connectivity index (χ3v) is 5.51. The lowest BCUT2D eigenvalue weighted by atomic mass is 9.89. The molecule has 0 radical (unpaired) electrons. The van der Waals surface area contributed by atoms with Gasteiger partial charge in [0.1, 0.15) is 23.0 Å². The maximum Gasteiger partial charge on any atom is 0.149 e. The number of aliphatic hydroxyl groups is 1. The van der Waals surface area contributed by atoms with Gasteiger partial charge in [0.25, 0.3) is 0 Å². The monoisotopic (exact) mass is 363 g/mol. The Kier molecular flexibility index (Phi) is 4.04. The highest BCUT2D eigenvalue weighted by molar-refractivity contribution is 7.71. The van der Waals surface area contributed by atoms with Crippen molar-refractivity contribution in [1.29, 1.82) is 0 Å². The number of aliphatic hydroxyl groups excluding tert-OH is 1. The highest BCUT2D eigenvalue weighted by Crippen LogP contribution is 2.44. The second-order valence-electron chi connectivity index (χ2n) is 6.29. The Morgan fingerprint density at radius 2 is 2.17 bits per heavy atom. The predicted molar refractivity (Wildman–Crippen MR) is 94.7 cm³/mol. The van der Waals surface area contributed by atoms with Crippen LogP contribution in [0.2, 0.25) is 5.02 Å². The SMILES string of the molecule is OC1NC2(CCCCC2)n2c1c(Cl)cc(Nc1ccncn1)c2=S. The van der Waals surface area contributed by atoms with Crippen LogP contribution in [0.5, 0.6) is 0 Å². The Bertz CT molecular complexity index is 819. The Hall–Kier alpha value is -1.54. The molecule has 0 saturated heterocycles. The Balaban J connectivity index is 1.84. The summed E-state index contributed by atoms with van der Waals surface area (Å²) in [5.74, 6) is 0.650. The van der Waals surface area contributed by atoms with Gasteiger partial charge in [-0.25, -0.2) is 9.97 Å². The first kappa shape index (κ1) is 16.0. The number of hydrogen-bond donors (Lipinski definition) is 3. The van der Waals surface area contributed by atoms with Crippen LogP contribution < -0.4 is 10.6 Å². The summed E-state index contributed by atoms with van der Waals surface area (Å²) in [6, 6.07) is 3.52. The van der Waals surface area contributed by atoms with Gasteiger partial charge in [-0.2, -0.15) is 0 Å². The molecule has 0 amide bonds. The minimum atomic E-state index is -0.801. The van der Waals surface area contributed by atoms with Crippen molar-refractivity contribution in [2.24, 2.45) is 0 Å². The third kappa shape index (κ3) is 2.52. The van der Waals surface area contributed by atoms with Crippen molar-refractivity contribution in [2.45, 2.75) is 44.0 Å². The van der Waals surface area contributed by atoms with Crippen molar-refractivity contribution in [3.8, 4) is 0 Å². The maximum absolute atomic E-state index is 10.5. The Morgan fingerprint density at radius 3 is 2.88 bits per heavy atom. The van der Waals surface area contributed by atoms with Gasteiger partial charge in [-0.15, -0.1) is 0 Å². The van der Waals surface area contributed by atoms with Crippen molar-refractivity contribution in [3.05, 3.63) is 40.0 Å². The molecule has 1 unspecified atom stereocenters. The Morgan fingerprint density at radius 1 is 1.38 bits per heavy atom. The molecule has 2 aliphatic rings. The quantitative estimate of drug-likeness (QED) is 0.708. The van der Waals surface area contributed by atoms with Crippen LogP contribution in [0.25, 0.3) is 0 Å². The molecule has 126 valence electrons. The van der Waals surface area contributed by atoms with Crippen molar-refractivity contribution < 1.29 is 5.11 Å². The lowest BCUT2D eigenvalue weighted by Crippen LogP contribution is -2.44. The van der Waals surface area contributed by atoms with Crippen LogP contribution in [-0.4, -0.2) is 19.6 Å². The van der Waals surface area contributed by atoms with Gasteiger partial charge in [0.2, 0.25) is 0 Å². The fourth-order valence-corrected chi connectivity index (χ4v) is 4.44. The van der Waals surface area contributed by atoms with Gasteiger partial charge in [-0.1, -0.05) is 30.2 Å². The van der Waals surface area contributed by atoms with Gasteiger partial charge in [0, 0.05) is 6.20 Å². The minimum Gasteiger partial charge on any atom is -0.373 e. The summed E-state index contributed by atoms with van der Waals surface area (Å²) in [7, 11) is 0. The van der Waals surface area contributed by atoms with Gasteiger partial charge >= 0.3 is 0 Å². The molecule has 1 fully saturated rings. The molecule has 1 spiro atoms. The number of anilines is 2. The first-order valence-corrected chi connectivity index (χ1v) is 8.84. The zero-order chi connectivity index (χ0) is 16.7. The number of aromatic nitrogens is 3. The van der Waals surface area contributed by atoms with E-state index in [1.165, 1.54) is 12.7 Å². The highest BCUT2D eigenvalue weighted by atomic mass is 35.5. The third-order valence-electron chi connectivity index (χ3n) is 4.81. The van der Waals surface area contributed by atoms with E-state index >= 15 is 0 Å². The van der Waals surface area contributed by atoms with Gasteiger partial charge in [0.05, 0.1) is 22.1 Å². The molecule has 3 N–H and O–H groups in total. The molecular weight excluding hydrogens is 346 g/mol. The van der Waals surface area contributed by atoms with Crippen LogP contribution in [0.3, 0.4) is 0 Å². The average molecular weight is 364 g/mol. The largest absolute Gasteiger partial charge is 0.373 e. The van der Waals surface area contributed by atoms with Crippen LogP contribution in [0.1, 0.15) is 44.0 Å². The molecule has 0 bridgehead atoms. The number of nitrogens with one attached hydrogen (secondary N) is 2. The molecule has 1 aliphatic heterocycles. The molecule has 6 nitrogen and oxygen atoms in total. The van der Waals surface area contributed by atoms with E-state index in [1.807, 2.05) is 4.57 Å². The molecule has 0 aromatic carbocycles. The number of nitrogens with zero attached hydrogens (tertiary/aromatic N) is 3. The first-order valence-electron chi connectivity index (χ1n) is 8.05. The Labute approximate surface area is 149 Å². The number of hydrogen-bond acceptors (Lipinski definition) is 6. The first-order chi connectivity index (χ1) is 11.6. The summed E-state index contributed by atoms with van der Waals surface area (Å²) in [5, 5.41) is 17.5. The fraction of sp³-hybridized carbons (Fsp3) is 0.438. The predicted octanol–water partition coefficient (Wildman–Crippen LogP) is 3.62. The fourth-order valence-electron chi connectivity index (χ4n) is 3.76. The van der Waals surface area contributed by atoms with E-state index in [4.69, 9.17) is 23.8 Å². The number of pyridine rings is 1. The molecule has 1 aliphatic carbocycles. The van der Waals surface area contributed by atoms with Gasteiger partial charge < -0.3 is 15.0 Å². The topological polar surface area (TPSA) is 75.0 Å². The lowest BCUT2D eigenvalue weighted by Gasteiger charge is -2.36. The van der Waals surface area contributed by atoms with Crippen molar-refractivity contribution >= 4 is 35.3 Å². The van der Waals surface area contributed by atoms with E-state index in [-0.39, 0.29) is 5.66 Å². The molecule has 1 atom stereocenters. The van der Waals surface area contributed by atoms with E-state index in [0.717, 1.165) is 25.7 Å². The molecule has 1 saturated carbocycles. The molecule has 4 rings (SSSR count). The molecule has 2 aromatic heterocycles. The summed E-state index contributed by atoms with van der Waals surface area (Å²) >= 11 is 12.2. The lowest BCUT2D eigenvalue weighted by molar-refractivity contribution is 0.0793. The number of halogens is 1. The van der Waals surface area contributed by atoms with E-state index in [9.17, 15) is 5.11 Å². The molecule has 3 heterocycles. The molecule has 8 heteroatoms. The summed E-state index contributed by atoms with van der Waals surface area (Å²) < 4.78 is 2.64. The van der Waals surface area contributed by atoms with E-state index in [2.05, 4.69) is 20.6 Å². The standard InChI is InChI=1S/C16H18ClN5OS/c17-10-8-11(20-12-4-7-18-9-19-12)15(24)22-13(10)14(23)21-16(22)5-2-1-3-6-16/h4,7-9,14,21,23H,1-3,5-6H2,(H,18,19,20). The maximum atomic E-state index is 10.5. The van der Waals surface area contributed by atoms with Crippen LogP contribution >= 0.6 is 23.8 Å². The van der Waals surface area contributed by atoms with Crippen LogP contribution in [0, 0.1) is 4.64 Å². The molecule has 2 aromatic rings. The zero-order valence-electron chi connectivity index (χ0n) is 13.0. The second kappa shape index (κ2) is 6.07. The minimum absolute atomic E-state index is 0.350. The normalized spacial score (nSPS) is 21.7. The molecular formula is C16H18ClN5OS. The smallest absolute Gasteiger partial charge is 0.149 e. The zero-order valence-corrected chi connectivity index (χ0v) is 14.6. The van der Waals surface area contributed by atoms with Gasteiger partial charge in [-0.05, 0) is 37.8 Å². The van der Waals surface area contributed by atoms with E-state index in [1.54, 1.807) is 18.3 Å². The summed E-state index contributed by atoms with van der Waals surface area (Å²) in [5.41, 5.74) is 1.01. The molecule has 24 heavy (non-hydrogen) atoms. The summed E-state index contributed by atoms with van der Waals surface area (Å²) in [4.78, 5) is 8.08. The van der Waals surface area contributed by atoms with Crippen molar-refractivity contribution in [2.75, 3.05) is 5.32 Å². The number of rotatable bonds is 2. The highest BCUT2D eigenvalue weighted by Gasteiger charge is 2.44. The van der Waals surface area contributed by atoms with Crippen LogP contribution in [-0.2, 0) is 5.66 Å². The van der Waals surface area contributed by atoms with E-state index < -0.39 is 6.23 Å². The van der Waals surface area contributed by atoms with Crippen molar-refractivity contribution in [3.63, 3.8) is 0 Å². The van der Waals surface area contributed by atoms with Crippen LogP contribution in [0.15, 0.2) is 24.7 Å². The van der Waals surface area contributed by atoms with Gasteiger partial charge in [0.15, 0.2) is 0 Å². The summed E-state index contributed by atoms with van der Waals surface area (Å²) in [6.45, 7) is 0. The average Bonchev–Trinajstić information content (AvgIpc) is 2.86.